The predicted octanol–water partition coefficient (Wildman–Crippen LogP) is 18.0. The maximum absolute atomic E-state index is 5.53. The zero-order valence-electron chi connectivity index (χ0n) is 39.0. The summed E-state index contributed by atoms with van der Waals surface area (Å²) >= 11 is 0. The van der Waals surface area contributed by atoms with E-state index in [1.165, 1.54) is 87.1 Å². The van der Waals surface area contributed by atoms with Crippen molar-refractivity contribution in [2.24, 2.45) is 0 Å². The molecule has 72 heavy (non-hydrogen) atoms. The fraction of sp³-hybridized carbons (Fsp3) is 0. The van der Waals surface area contributed by atoms with E-state index in [-0.39, 0.29) is 0 Å². The van der Waals surface area contributed by atoms with Gasteiger partial charge in [0.15, 0.2) is 5.82 Å². The molecule has 4 heteroatoms. The highest BCUT2D eigenvalue weighted by atomic mass is 15.1. The Hall–Kier alpha value is -9.64. The van der Waals surface area contributed by atoms with Crippen LogP contribution in [0, 0.1) is 0 Å². The van der Waals surface area contributed by atoms with E-state index < -0.39 is 0 Å². The fourth-order valence-electron chi connectivity index (χ4n) is 11.3. The van der Waals surface area contributed by atoms with Gasteiger partial charge >= 0.3 is 0 Å². The van der Waals surface area contributed by atoms with Crippen molar-refractivity contribution < 1.29 is 0 Å². The summed E-state index contributed by atoms with van der Waals surface area (Å²) in [5.41, 5.74) is 16.2. The molecule has 0 fully saturated rings. The van der Waals surface area contributed by atoms with E-state index in [4.69, 9.17) is 9.97 Å². The van der Waals surface area contributed by atoms with Gasteiger partial charge in [0.2, 0.25) is 0 Å². The van der Waals surface area contributed by atoms with Gasteiger partial charge in [-0.05, 0) is 138 Å². The van der Waals surface area contributed by atoms with Crippen LogP contribution in [0.25, 0.3) is 143 Å². The third kappa shape index (κ3) is 6.40. The fourth-order valence-corrected chi connectivity index (χ4v) is 11.3. The molecule has 4 nitrogen and oxygen atoms in total. The smallest absolute Gasteiger partial charge is 0.165 e. The number of para-hydroxylation sites is 3. The summed E-state index contributed by atoms with van der Waals surface area (Å²) in [4.78, 5) is 11.0. The summed E-state index contributed by atoms with van der Waals surface area (Å²) in [6.45, 7) is 0. The average Bonchev–Trinajstić information content (AvgIpc) is 3.96. The quantitative estimate of drug-likeness (QED) is 0.167. The van der Waals surface area contributed by atoms with Crippen molar-refractivity contribution >= 4 is 87.0 Å². The molecular weight excluding hydrogens is 873 g/mol. The number of aromatic nitrogens is 4. The Morgan fingerprint density at radius 1 is 0.264 bits per heavy atom. The Labute approximate surface area is 415 Å². The highest BCUT2D eigenvalue weighted by Crippen LogP contribution is 2.44. The number of nitrogens with zero attached hydrogens (tertiary/aromatic N) is 4. The molecule has 0 atom stereocenters. The van der Waals surface area contributed by atoms with Crippen LogP contribution in [0.4, 0.5) is 0 Å². The highest BCUT2D eigenvalue weighted by molar-refractivity contribution is 6.20. The number of benzene rings is 12. The van der Waals surface area contributed by atoms with Crippen LogP contribution in [0.1, 0.15) is 0 Å². The van der Waals surface area contributed by atoms with Gasteiger partial charge in [0, 0.05) is 32.8 Å². The van der Waals surface area contributed by atoms with Crippen molar-refractivity contribution in [2.45, 2.75) is 0 Å². The second-order valence-corrected chi connectivity index (χ2v) is 19.0. The summed E-state index contributed by atoms with van der Waals surface area (Å²) in [6.07, 6.45) is 0. The standard InChI is InChI=1S/C68H42N4/c1-3-14-48-38-52(30-26-43(48)12-1)45-24-28-47(29-25-45)67-68(70-61-21-9-8-20-60(61)69-67)72-64-23-11-19-56(66(64)59-40-50-16-5-6-17-51(50)42-65(59)72)54-34-37-63-58(41-54)57-18-7-10-22-62(57)71(63)55-35-32-46(33-36-55)53-31-27-44-13-2-4-15-49(44)39-53/h1-42H. The molecule has 0 unspecified atom stereocenters. The summed E-state index contributed by atoms with van der Waals surface area (Å²) in [5, 5.41) is 12.1. The minimum Gasteiger partial charge on any atom is -0.309 e. The van der Waals surface area contributed by atoms with Crippen molar-refractivity contribution in [3.63, 3.8) is 0 Å². The van der Waals surface area contributed by atoms with Gasteiger partial charge in [-0.2, -0.15) is 0 Å². The van der Waals surface area contributed by atoms with Gasteiger partial charge < -0.3 is 4.57 Å². The molecule has 0 bridgehead atoms. The summed E-state index contributed by atoms with van der Waals surface area (Å²) in [6, 6.07) is 92.5. The first-order valence-electron chi connectivity index (χ1n) is 24.6. The maximum Gasteiger partial charge on any atom is 0.165 e. The third-order valence-corrected chi connectivity index (χ3v) is 14.9. The molecule has 0 saturated heterocycles. The van der Waals surface area contributed by atoms with Gasteiger partial charge in [0.05, 0.1) is 33.1 Å². The van der Waals surface area contributed by atoms with Crippen molar-refractivity contribution in [3.8, 4) is 56.1 Å². The molecule has 0 spiro atoms. The SMILES string of the molecule is c1ccc2cc(-c3ccc(-c4nc5ccccc5nc4-n4c5cc6ccccc6cc5c5c(-c6ccc7c(c6)c6ccccc6n7-c6ccc(-c7ccc8ccccc8c7)cc6)cccc54)cc3)ccc2c1. The number of fused-ring (bicyclic) bond motifs is 10. The molecule has 3 heterocycles. The highest BCUT2D eigenvalue weighted by Gasteiger charge is 2.23. The Kier molecular flexibility index (Phi) is 8.92. The predicted molar refractivity (Wildman–Crippen MR) is 302 cm³/mol. The van der Waals surface area contributed by atoms with E-state index >= 15 is 0 Å². The number of rotatable bonds is 6. The monoisotopic (exact) mass is 914 g/mol. The first-order valence-corrected chi connectivity index (χ1v) is 24.6. The average molecular weight is 915 g/mol. The minimum atomic E-state index is 0.796. The normalized spacial score (nSPS) is 11.9. The maximum atomic E-state index is 5.53. The Morgan fingerprint density at radius 2 is 0.778 bits per heavy atom. The molecule has 15 rings (SSSR count). The lowest BCUT2D eigenvalue weighted by atomic mass is 9.97. The van der Waals surface area contributed by atoms with Crippen LogP contribution in [-0.4, -0.2) is 19.1 Å². The van der Waals surface area contributed by atoms with Gasteiger partial charge in [0.1, 0.15) is 5.69 Å². The minimum absolute atomic E-state index is 0.796. The van der Waals surface area contributed by atoms with Crippen LogP contribution in [0.2, 0.25) is 0 Å². The van der Waals surface area contributed by atoms with Crippen LogP contribution < -0.4 is 0 Å². The van der Waals surface area contributed by atoms with Crippen LogP contribution in [0.3, 0.4) is 0 Å². The Morgan fingerprint density at radius 3 is 1.47 bits per heavy atom. The summed E-state index contributed by atoms with van der Waals surface area (Å²) in [5.74, 6) is 0.796. The van der Waals surface area contributed by atoms with E-state index in [0.717, 1.165) is 56.0 Å². The van der Waals surface area contributed by atoms with Crippen LogP contribution in [-0.2, 0) is 0 Å². The number of hydrogen-bond acceptors (Lipinski definition) is 2. The molecule has 334 valence electrons. The van der Waals surface area contributed by atoms with E-state index in [1.54, 1.807) is 0 Å². The second kappa shape index (κ2) is 16.0. The summed E-state index contributed by atoms with van der Waals surface area (Å²) in [7, 11) is 0. The zero-order chi connectivity index (χ0) is 47.3. The topological polar surface area (TPSA) is 35.6 Å². The summed E-state index contributed by atoms with van der Waals surface area (Å²) < 4.78 is 4.77. The van der Waals surface area contributed by atoms with Crippen LogP contribution in [0.5, 0.6) is 0 Å². The van der Waals surface area contributed by atoms with E-state index in [9.17, 15) is 0 Å². The molecule has 0 aliphatic rings. The van der Waals surface area contributed by atoms with Gasteiger partial charge in [0.25, 0.3) is 0 Å². The lowest BCUT2D eigenvalue weighted by Gasteiger charge is -2.15. The molecule has 3 aromatic heterocycles. The van der Waals surface area contributed by atoms with Crippen LogP contribution >= 0.6 is 0 Å². The lowest BCUT2D eigenvalue weighted by Crippen LogP contribution is -2.03. The van der Waals surface area contributed by atoms with Crippen LogP contribution in [0.15, 0.2) is 255 Å². The van der Waals surface area contributed by atoms with Gasteiger partial charge in [-0.3, -0.25) is 4.57 Å². The second-order valence-electron chi connectivity index (χ2n) is 19.0. The molecular formula is C68H42N4. The molecule has 15 aromatic rings. The molecule has 0 amide bonds. The molecule has 0 saturated carbocycles. The molecule has 12 aromatic carbocycles. The van der Waals surface area contributed by atoms with Crippen molar-refractivity contribution in [3.05, 3.63) is 255 Å². The molecule has 0 radical (unpaired) electrons. The first-order chi connectivity index (χ1) is 35.7. The molecule has 0 N–H and O–H groups in total. The van der Waals surface area contributed by atoms with Gasteiger partial charge in [-0.25, -0.2) is 9.97 Å². The number of hydrogen-bond donors (Lipinski definition) is 0. The zero-order valence-corrected chi connectivity index (χ0v) is 39.0. The van der Waals surface area contributed by atoms with Gasteiger partial charge in [-0.15, -0.1) is 0 Å². The lowest BCUT2D eigenvalue weighted by molar-refractivity contribution is 1.08. The Balaban J connectivity index is 0.907. The molecule has 0 aliphatic carbocycles. The van der Waals surface area contributed by atoms with E-state index in [0.29, 0.717) is 0 Å². The molecule has 0 aliphatic heterocycles. The van der Waals surface area contributed by atoms with E-state index in [1.807, 2.05) is 12.1 Å². The van der Waals surface area contributed by atoms with Gasteiger partial charge in [-0.1, -0.05) is 182 Å². The van der Waals surface area contributed by atoms with Crippen molar-refractivity contribution in [1.82, 2.24) is 19.1 Å². The Bertz CT molecular complexity index is 4670. The van der Waals surface area contributed by atoms with E-state index in [2.05, 4.69) is 252 Å². The third-order valence-electron chi connectivity index (χ3n) is 14.9. The van der Waals surface area contributed by atoms with Crippen molar-refractivity contribution in [2.75, 3.05) is 0 Å². The first kappa shape index (κ1) is 40.3. The van der Waals surface area contributed by atoms with Crippen molar-refractivity contribution in [1.29, 1.82) is 0 Å². The largest absolute Gasteiger partial charge is 0.309 e.